The average molecular weight is 390 g/mol. The molecule has 150 valence electrons. The highest BCUT2D eigenvalue weighted by atomic mass is 19.1. The van der Waals surface area contributed by atoms with Gasteiger partial charge in [-0.15, -0.1) is 0 Å². The maximum absolute atomic E-state index is 14.8. The molecule has 2 N–H and O–H groups in total. The van der Waals surface area contributed by atoms with Crippen LogP contribution >= 0.6 is 0 Å². The molecule has 0 bridgehead atoms. The Balaban J connectivity index is 2.19. The lowest BCUT2D eigenvalue weighted by atomic mass is 10.1. The summed E-state index contributed by atoms with van der Waals surface area (Å²) in [6.07, 6.45) is 1.26. The molecule has 28 heavy (non-hydrogen) atoms. The van der Waals surface area contributed by atoms with Gasteiger partial charge in [0.15, 0.2) is 5.82 Å². The van der Waals surface area contributed by atoms with Gasteiger partial charge in [-0.1, -0.05) is 38.0 Å². The van der Waals surface area contributed by atoms with Gasteiger partial charge in [0.1, 0.15) is 17.6 Å². The second kappa shape index (κ2) is 10.5. The zero-order valence-corrected chi connectivity index (χ0v) is 15.9. The average Bonchev–Trinajstić information content (AvgIpc) is 2.71. The fourth-order valence-electron chi connectivity index (χ4n) is 2.63. The van der Waals surface area contributed by atoms with Crippen LogP contribution in [0.4, 0.5) is 20.2 Å². The Morgan fingerprint density at radius 1 is 1.04 bits per heavy atom. The van der Waals surface area contributed by atoms with Crippen LogP contribution in [0.2, 0.25) is 0 Å². The molecule has 2 aromatic rings. The predicted octanol–water partition coefficient (Wildman–Crippen LogP) is 4.75. The molecule has 2 rings (SSSR count). The molecule has 2 amide bonds. The number of nitrogens with one attached hydrogen (secondary N) is 2. The van der Waals surface area contributed by atoms with Crippen molar-refractivity contribution in [3.8, 4) is 0 Å². The maximum atomic E-state index is 14.8. The lowest BCUT2D eigenvalue weighted by Gasteiger charge is -2.18. The van der Waals surface area contributed by atoms with Gasteiger partial charge in [-0.05, 0) is 37.6 Å². The van der Waals surface area contributed by atoms with E-state index in [2.05, 4.69) is 10.6 Å². The Hall–Kier alpha value is -2.80. The number of unbranched alkanes of at least 4 members (excludes halogenated alkanes) is 1. The number of carbonyl (C=O) groups is 2. The van der Waals surface area contributed by atoms with Gasteiger partial charge in [0.25, 0.3) is 11.8 Å². The standard InChI is InChI=1S/C21H24F2N2O3/c1-3-5-11-17(28-4-2)21(27)25-19-15(22)12-13-16(18(19)23)24-20(26)14-9-7-6-8-10-14/h6-10,12-13,17H,3-5,11H2,1-2H3,(H,24,26)(H,25,27). The van der Waals surface area contributed by atoms with Crippen LogP contribution in [0.25, 0.3) is 0 Å². The van der Waals surface area contributed by atoms with Crippen LogP contribution < -0.4 is 10.6 Å². The van der Waals surface area contributed by atoms with Crippen LogP contribution in [-0.4, -0.2) is 24.5 Å². The summed E-state index contributed by atoms with van der Waals surface area (Å²) in [4.78, 5) is 24.6. The largest absolute Gasteiger partial charge is 0.369 e. The number of carbonyl (C=O) groups excluding carboxylic acids is 2. The van der Waals surface area contributed by atoms with E-state index in [-0.39, 0.29) is 5.69 Å². The summed E-state index contributed by atoms with van der Waals surface area (Å²) in [7, 11) is 0. The minimum atomic E-state index is -1.05. The van der Waals surface area contributed by atoms with Crippen LogP contribution in [0.3, 0.4) is 0 Å². The molecular formula is C21H24F2N2O3. The third-order valence-corrected chi connectivity index (χ3v) is 4.10. The number of amides is 2. The normalized spacial score (nSPS) is 11.7. The van der Waals surface area contributed by atoms with Crippen LogP contribution in [0.1, 0.15) is 43.5 Å². The van der Waals surface area contributed by atoms with E-state index in [0.717, 1.165) is 25.0 Å². The van der Waals surface area contributed by atoms with E-state index in [9.17, 15) is 18.4 Å². The number of hydrogen-bond acceptors (Lipinski definition) is 3. The SMILES string of the molecule is CCCCC(OCC)C(=O)Nc1c(F)ccc(NC(=O)c2ccccc2)c1F. The van der Waals surface area contributed by atoms with Crippen LogP contribution in [0.15, 0.2) is 42.5 Å². The molecule has 5 nitrogen and oxygen atoms in total. The summed E-state index contributed by atoms with van der Waals surface area (Å²) < 4.78 is 34.3. The van der Waals surface area contributed by atoms with E-state index in [4.69, 9.17) is 4.74 Å². The molecule has 7 heteroatoms. The molecule has 0 aliphatic carbocycles. The van der Waals surface area contributed by atoms with Gasteiger partial charge >= 0.3 is 0 Å². The Morgan fingerprint density at radius 3 is 2.39 bits per heavy atom. The lowest BCUT2D eigenvalue weighted by molar-refractivity contribution is -0.127. The summed E-state index contributed by atoms with van der Waals surface area (Å²) in [5, 5.41) is 4.65. The monoisotopic (exact) mass is 390 g/mol. The Morgan fingerprint density at radius 2 is 1.75 bits per heavy atom. The molecule has 1 atom stereocenters. The van der Waals surface area contributed by atoms with Crippen molar-refractivity contribution in [1.82, 2.24) is 0 Å². The summed E-state index contributed by atoms with van der Waals surface area (Å²) in [6, 6.07) is 10.3. The first-order valence-corrected chi connectivity index (χ1v) is 9.24. The van der Waals surface area contributed by atoms with Crippen LogP contribution in [-0.2, 0) is 9.53 Å². The Labute approximate surface area is 163 Å². The van der Waals surface area contributed by atoms with Gasteiger partial charge in [0.2, 0.25) is 0 Å². The molecule has 2 aromatic carbocycles. The molecule has 0 fully saturated rings. The first-order chi connectivity index (χ1) is 13.5. The summed E-state index contributed by atoms with van der Waals surface area (Å²) in [5.74, 6) is -3.16. The molecule has 0 saturated carbocycles. The van der Waals surface area contributed by atoms with Crippen molar-refractivity contribution in [3.05, 3.63) is 59.7 Å². The minimum absolute atomic E-state index is 0.230. The Bertz CT molecular complexity index is 813. The van der Waals surface area contributed by atoms with E-state index in [1.54, 1.807) is 37.3 Å². The van der Waals surface area contributed by atoms with Gasteiger partial charge in [-0.3, -0.25) is 9.59 Å². The number of anilines is 2. The molecule has 0 aliphatic rings. The highest BCUT2D eigenvalue weighted by Gasteiger charge is 2.23. The molecular weight excluding hydrogens is 366 g/mol. The number of benzene rings is 2. The molecule has 0 aromatic heterocycles. The van der Waals surface area contributed by atoms with Crippen molar-refractivity contribution >= 4 is 23.2 Å². The molecule has 0 spiro atoms. The van der Waals surface area contributed by atoms with E-state index < -0.39 is 35.2 Å². The minimum Gasteiger partial charge on any atom is -0.369 e. The maximum Gasteiger partial charge on any atom is 0.255 e. The number of ether oxygens (including phenoxy) is 1. The zero-order valence-electron chi connectivity index (χ0n) is 15.9. The van der Waals surface area contributed by atoms with E-state index in [1.165, 1.54) is 0 Å². The third-order valence-electron chi connectivity index (χ3n) is 4.10. The fourth-order valence-corrected chi connectivity index (χ4v) is 2.63. The zero-order chi connectivity index (χ0) is 20.5. The van der Waals surface area contributed by atoms with Crippen molar-refractivity contribution in [2.24, 2.45) is 0 Å². The smallest absolute Gasteiger partial charge is 0.255 e. The Kier molecular flexibility index (Phi) is 8.07. The quantitative estimate of drug-likeness (QED) is 0.649. The molecule has 0 aliphatic heterocycles. The van der Waals surface area contributed by atoms with Gasteiger partial charge in [-0.2, -0.15) is 0 Å². The van der Waals surface area contributed by atoms with Gasteiger partial charge in [0, 0.05) is 12.2 Å². The predicted molar refractivity (Wildman–Crippen MR) is 104 cm³/mol. The van der Waals surface area contributed by atoms with E-state index >= 15 is 0 Å². The third kappa shape index (κ3) is 5.60. The van der Waals surface area contributed by atoms with E-state index in [0.29, 0.717) is 18.6 Å². The van der Waals surface area contributed by atoms with Gasteiger partial charge in [-0.25, -0.2) is 8.78 Å². The second-order valence-electron chi connectivity index (χ2n) is 6.18. The summed E-state index contributed by atoms with van der Waals surface area (Å²) in [5.41, 5.74) is -0.517. The van der Waals surface area contributed by atoms with Gasteiger partial charge in [0.05, 0.1) is 5.69 Å². The van der Waals surface area contributed by atoms with Gasteiger partial charge < -0.3 is 15.4 Å². The first kappa shape index (κ1) is 21.5. The summed E-state index contributed by atoms with van der Waals surface area (Å²) >= 11 is 0. The van der Waals surface area contributed by atoms with E-state index in [1.807, 2.05) is 6.92 Å². The molecule has 0 heterocycles. The molecule has 1 unspecified atom stereocenters. The van der Waals surface area contributed by atoms with Crippen molar-refractivity contribution < 1.29 is 23.1 Å². The highest BCUT2D eigenvalue weighted by molar-refractivity contribution is 6.05. The molecule has 0 saturated heterocycles. The number of halogens is 2. The van der Waals surface area contributed by atoms with Crippen molar-refractivity contribution in [2.45, 2.75) is 39.2 Å². The fraction of sp³-hybridized carbons (Fsp3) is 0.333. The van der Waals surface area contributed by atoms with Crippen LogP contribution in [0.5, 0.6) is 0 Å². The number of hydrogen-bond donors (Lipinski definition) is 2. The first-order valence-electron chi connectivity index (χ1n) is 9.24. The van der Waals surface area contributed by atoms with Crippen molar-refractivity contribution in [2.75, 3.05) is 17.2 Å². The van der Waals surface area contributed by atoms with Crippen LogP contribution in [0, 0.1) is 11.6 Å². The summed E-state index contributed by atoms with van der Waals surface area (Å²) in [6.45, 7) is 4.02. The van der Waals surface area contributed by atoms with Crippen molar-refractivity contribution in [1.29, 1.82) is 0 Å². The highest BCUT2D eigenvalue weighted by Crippen LogP contribution is 2.27. The lowest BCUT2D eigenvalue weighted by Crippen LogP contribution is -2.31. The topological polar surface area (TPSA) is 67.4 Å². The van der Waals surface area contributed by atoms with Crippen molar-refractivity contribution in [3.63, 3.8) is 0 Å². The number of rotatable bonds is 9. The molecule has 0 radical (unpaired) electrons. The second-order valence-corrected chi connectivity index (χ2v) is 6.18.